The Labute approximate surface area is 76.0 Å². The van der Waals surface area contributed by atoms with Crippen LogP contribution in [-0.2, 0) is 0 Å². The van der Waals surface area contributed by atoms with Gasteiger partial charge in [-0.15, -0.1) is 0 Å². The second-order valence-corrected chi connectivity index (χ2v) is 3.14. The van der Waals surface area contributed by atoms with Crippen molar-refractivity contribution in [2.45, 2.75) is 20.8 Å². The largest absolute Gasteiger partial charge is 0.0988 e. The summed E-state index contributed by atoms with van der Waals surface area (Å²) in [5.41, 5.74) is 2.44. The van der Waals surface area contributed by atoms with Crippen molar-refractivity contribution < 1.29 is 0 Å². The summed E-state index contributed by atoms with van der Waals surface area (Å²) in [5.74, 6) is 0.538. The standard InChI is InChI=1S/C12H18/c1-6-11(5)8-9-12(7-2)10(3)4/h6-10H,1-2H2,3-5H3/b11-8-,12-9+. The Morgan fingerprint density at radius 3 is 2.00 bits per heavy atom. The van der Waals surface area contributed by atoms with E-state index in [9.17, 15) is 0 Å². The van der Waals surface area contributed by atoms with Crippen LogP contribution in [0.15, 0.2) is 48.6 Å². The van der Waals surface area contributed by atoms with Crippen molar-refractivity contribution in [1.82, 2.24) is 0 Å². The minimum absolute atomic E-state index is 0.538. The lowest BCUT2D eigenvalue weighted by Gasteiger charge is -2.03. The van der Waals surface area contributed by atoms with Crippen LogP contribution in [0.3, 0.4) is 0 Å². The predicted octanol–water partition coefficient (Wildman–Crippen LogP) is 3.89. The number of rotatable bonds is 4. The Morgan fingerprint density at radius 2 is 1.67 bits per heavy atom. The third-order valence-corrected chi connectivity index (χ3v) is 1.76. The van der Waals surface area contributed by atoms with Crippen LogP contribution in [0.1, 0.15) is 20.8 Å². The van der Waals surface area contributed by atoms with Crippen LogP contribution in [0.25, 0.3) is 0 Å². The lowest BCUT2D eigenvalue weighted by atomic mass is 10.0. The molecule has 0 aromatic heterocycles. The SMILES string of the molecule is C=C/C(C)=C\C=C(/C=C)C(C)C. The highest BCUT2D eigenvalue weighted by Gasteiger charge is 1.95. The topological polar surface area (TPSA) is 0 Å². The van der Waals surface area contributed by atoms with Gasteiger partial charge in [-0.3, -0.25) is 0 Å². The van der Waals surface area contributed by atoms with Crippen molar-refractivity contribution in [2.24, 2.45) is 5.92 Å². The second kappa shape index (κ2) is 5.59. The maximum absolute atomic E-state index is 3.76. The van der Waals surface area contributed by atoms with Gasteiger partial charge in [0, 0.05) is 0 Å². The van der Waals surface area contributed by atoms with Crippen LogP contribution in [0.5, 0.6) is 0 Å². The molecule has 66 valence electrons. The van der Waals surface area contributed by atoms with Crippen molar-refractivity contribution >= 4 is 0 Å². The number of hydrogen-bond acceptors (Lipinski definition) is 0. The van der Waals surface area contributed by atoms with Gasteiger partial charge in [-0.25, -0.2) is 0 Å². The molecule has 0 saturated carbocycles. The lowest BCUT2D eigenvalue weighted by molar-refractivity contribution is 0.792. The number of allylic oxidation sites excluding steroid dienone is 6. The highest BCUT2D eigenvalue weighted by atomic mass is 14.0. The van der Waals surface area contributed by atoms with E-state index in [1.165, 1.54) is 11.1 Å². The predicted molar refractivity (Wildman–Crippen MR) is 57.1 cm³/mol. The molecule has 0 nitrogen and oxygen atoms in total. The van der Waals surface area contributed by atoms with E-state index in [0.29, 0.717) is 5.92 Å². The molecule has 0 amide bonds. The maximum Gasteiger partial charge on any atom is -0.0219 e. The van der Waals surface area contributed by atoms with Crippen LogP contribution < -0.4 is 0 Å². The molecule has 0 fully saturated rings. The van der Waals surface area contributed by atoms with Gasteiger partial charge in [-0.1, -0.05) is 56.9 Å². The first-order valence-corrected chi connectivity index (χ1v) is 4.25. The van der Waals surface area contributed by atoms with Gasteiger partial charge in [-0.2, -0.15) is 0 Å². The average Bonchev–Trinajstić information content (AvgIpc) is 2.04. The molecule has 0 N–H and O–H groups in total. The second-order valence-electron chi connectivity index (χ2n) is 3.14. The molecular weight excluding hydrogens is 144 g/mol. The van der Waals surface area contributed by atoms with E-state index < -0.39 is 0 Å². The normalized spacial score (nSPS) is 13.3. The third kappa shape index (κ3) is 3.97. The first-order chi connectivity index (χ1) is 5.61. The Bertz CT molecular complexity index is 214. The molecule has 0 radical (unpaired) electrons. The highest BCUT2D eigenvalue weighted by molar-refractivity contribution is 5.28. The van der Waals surface area contributed by atoms with E-state index >= 15 is 0 Å². The lowest BCUT2D eigenvalue weighted by Crippen LogP contribution is -1.88. The zero-order valence-electron chi connectivity index (χ0n) is 8.30. The summed E-state index contributed by atoms with van der Waals surface area (Å²) in [6.45, 7) is 13.8. The molecule has 12 heavy (non-hydrogen) atoms. The highest BCUT2D eigenvalue weighted by Crippen LogP contribution is 2.10. The molecule has 0 aromatic rings. The molecule has 0 aromatic carbocycles. The third-order valence-electron chi connectivity index (χ3n) is 1.76. The number of hydrogen-bond donors (Lipinski definition) is 0. The van der Waals surface area contributed by atoms with Gasteiger partial charge in [0.2, 0.25) is 0 Å². The molecule has 0 aliphatic heterocycles. The zero-order valence-corrected chi connectivity index (χ0v) is 8.30. The Hall–Kier alpha value is -1.04. The Balaban J connectivity index is 4.50. The fourth-order valence-electron chi connectivity index (χ4n) is 0.792. The monoisotopic (exact) mass is 162 g/mol. The van der Waals surface area contributed by atoms with Crippen LogP contribution >= 0.6 is 0 Å². The van der Waals surface area contributed by atoms with E-state index in [4.69, 9.17) is 0 Å². The first kappa shape index (κ1) is 11.0. The van der Waals surface area contributed by atoms with Crippen LogP contribution in [0.4, 0.5) is 0 Å². The van der Waals surface area contributed by atoms with E-state index in [1.807, 2.05) is 19.1 Å². The van der Waals surface area contributed by atoms with E-state index in [2.05, 4.69) is 39.2 Å². The van der Waals surface area contributed by atoms with Crippen molar-refractivity contribution in [3.63, 3.8) is 0 Å². The Morgan fingerprint density at radius 1 is 1.08 bits per heavy atom. The van der Waals surface area contributed by atoms with Crippen molar-refractivity contribution in [2.75, 3.05) is 0 Å². The molecule has 0 aliphatic rings. The summed E-state index contributed by atoms with van der Waals surface area (Å²) in [6.07, 6.45) is 7.90. The van der Waals surface area contributed by atoms with E-state index in [-0.39, 0.29) is 0 Å². The van der Waals surface area contributed by atoms with Gasteiger partial charge in [-0.05, 0) is 18.4 Å². The van der Waals surface area contributed by atoms with Gasteiger partial charge >= 0.3 is 0 Å². The molecule has 0 bridgehead atoms. The van der Waals surface area contributed by atoms with E-state index in [0.717, 1.165) is 0 Å². The maximum atomic E-state index is 3.76. The molecule has 0 aliphatic carbocycles. The van der Waals surface area contributed by atoms with Gasteiger partial charge < -0.3 is 0 Å². The van der Waals surface area contributed by atoms with Gasteiger partial charge in [0.1, 0.15) is 0 Å². The molecule has 0 atom stereocenters. The zero-order chi connectivity index (χ0) is 9.56. The average molecular weight is 162 g/mol. The Kier molecular flexibility index (Phi) is 5.11. The fraction of sp³-hybridized carbons (Fsp3) is 0.333. The van der Waals surface area contributed by atoms with Gasteiger partial charge in [0.25, 0.3) is 0 Å². The minimum atomic E-state index is 0.538. The summed E-state index contributed by atoms with van der Waals surface area (Å²) in [4.78, 5) is 0. The molecule has 0 heterocycles. The molecule has 0 heteroatoms. The minimum Gasteiger partial charge on any atom is -0.0988 e. The molecule has 0 saturated heterocycles. The summed E-state index contributed by atoms with van der Waals surface area (Å²) in [6, 6.07) is 0. The summed E-state index contributed by atoms with van der Waals surface area (Å²) in [5, 5.41) is 0. The molecule has 0 spiro atoms. The molecule has 0 unspecified atom stereocenters. The summed E-state index contributed by atoms with van der Waals surface area (Å²) < 4.78 is 0. The van der Waals surface area contributed by atoms with Gasteiger partial charge in [0.15, 0.2) is 0 Å². The summed E-state index contributed by atoms with van der Waals surface area (Å²) in [7, 11) is 0. The van der Waals surface area contributed by atoms with Crippen molar-refractivity contribution in [1.29, 1.82) is 0 Å². The van der Waals surface area contributed by atoms with E-state index in [1.54, 1.807) is 0 Å². The van der Waals surface area contributed by atoms with Crippen molar-refractivity contribution in [3.05, 3.63) is 48.6 Å². The van der Waals surface area contributed by atoms with Crippen LogP contribution in [-0.4, -0.2) is 0 Å². The van der Waals surface area contributed by atoms with Crippen LogP contribution in [0, 0.1) is 5.92 Å². The summed E-state index contributed by atoms with van der Waals surface area (Å²) >= 11 is 0. The van der Waals surface area contributed by atoms with Gasteiger partial charge in [0.05, 0.1) is 0 Å². The van der Waals surface area contributed by atoms with Crippen LogP contribution in [0.2, 0.25) is 0 Å². The molecule has 0 rings (SSSR count). The fourth-order valence-corrected chi connectivity index (χ4v) is 0.792. The quantitative estimate of drug-likeness (QED) is 0.550. The van der Waals surface area contributed by atoms with Crippen molar-refractivity contribution in [3.8, 4) is 0 Å². The molecular formula is C12H18. The first-order valence-electron chi connectivity index (χ1n) is 4.25. The smallest absolute Gasteiger partial charge is 0.0219 e.